The van der Waals surface area contributed by atoms with Crippen molar-refractivity contribution >= 4 is 28.6 Å². The van der Waals surface area contributed by atoms with Crippen LogP contribution in [-0.2, 0) is 6.54 Å². The van der Waals surface area contributed by atoms with E-state index in [0.29, 0.717) is 12.2 Å². The van der Waals surface area contributed by atoms with Crippen LogP contribution < -0.4 is 28.9 Å². The second-order valence-electron chi connectivity index (χ2n) is 4.24. The molecule has 0 unspecified atom stereocenters. The lowest BCUT2D eigenvalue weighted by molar-refractivity contribution is -2.00. The van der Waals surface area contributed by atoms with Gasteiger partial charge >= 0.3 is 0 Å². The van der Waals surface area contributed by atoms with Gasteiger partial charge in [-0.15, -0.1) is 10.2 Å². The molecule has 3 aromatic rings. The van der Waals surface area contributed by atoms with Gasteiger partial charge in [0.2, 0.25) is 12.1 Å². The molecular formula is C12H11Cl2N5O4. The van der Waals surface area contributed by atoms with Gasteiger partial charge in [0.05, 0.1) is 12.9 Å². The van der Waals surface area contributed by atoms with Crippen LogP contribution >= 0.6 is 11.6 Å². The van der Waals surface area contributed by atoms with E-state index in [1.54, 1.807) is 12.7 Å². The first-order valence-corrected chi connectivity index (χ1v) is 7.74. The van der Waals surface area contributed by atoms with Crippen molar-refractivity contribution in [2.75, 3.05) is 5.32 Å². The fourth-order valence-corrected chi connectivity index (χ4v) is 1.86. The highest BCUT2D eigenvalue weighted by Crippen LogP contribution is 2.14. The number of nitrogens with one attached hydrogen (secondary N) is 3. The van der Waals surface area contributed by atoms with Crippen LogP contribution in [0.15, 0.2) is 36.9 Å². The minimum absolute atomic E-state index is 0.687. The van der Waals surface area contributed by atoms with Gasteiger partial charge in [-0.2, -0.15) is 0 Å². The van der Waals surface area contributed by atoms with Gasteiger partial charge in [0.25, 0.3) is 5.65 Å². The number of rotatable bonds is 3. The van der Waals surface area contributed by atoms with E-state index in [4.69, 9.17) is 30.2 Å². The van der Waals surface area contributed by atoms with Gasteiger partial charge in [0, 0.05) is 5.02 Å². The Morgan fingerprint density at radius 3 is 2.43 bits per heavy atom. The maximum Gasteiger partial charge on any atom is 0.260 e. The van der Waals surface area contributed by atoms with Crippen LogP contribution in [0, 0.1) is 10.2 Å². The Morgan fingerprint density at radius 2 is 1.78 bits per heavy atom. The summed E-state index contributed by atoms with van der Waals surface area (Å²) in [5.41, 5.74) is 2.70. The zero-order chi connectivity index (χ0) is 16.9. The largest absolute Gasteiger partial charge is 0.336 e. The SMILES string of the molecule is Clc1ccc(CNc2[nH+]cnc3nc[nH]c23)cc1.[O-][Cl+3]([O-])([O-])[O-]. The molecule has 0 aliphatic carbocycles. The lowest BCUT2D eigenvalue weighted by Gasteiger charge is -2.17. The summed E-state index contributed by atoms with van der Waals surface area (Å²) in [6.07, 6.45) is 3.24. The normalized spacial score (nSPS) is 11.0. The summed E-state index contributed by atoms with van der Waals surface area (Å²) in [5.74, 6) is 0.868. The molecule has 9 nitrogen and oxygen atoms in total. The average molecular weight is 360 g/mol. The fraction of sp³-hybridized carbons (Fsp3) is 0.0833. The van der Waals surface area contributed by atoms with E-state index in [2.05, 4.69) is 25.3 Å². The number of hydrogen-bond acceptors (Lipinski definition) is 7. The van der Waals surface area contributed by atoms with Gasteiger partial charge in [-0.3, -0.25) is 5.32 Å². The molecule has 0 spiro atoms. The monoisotopic (exact) mass is 359 g/mol. The topological polar surface area (TPSA) is 160 Å². The minimum Gasteiger partial charge on any atom is -0.336 e. The van der Waals surface area contributed by atoms with Crippen molar-refractivity contribution in [1.82, 2.24) is 15.0 Å². The second-order valence-corrected chi connectivity index (χ2v) is 5.43. The molecule has 3 N–H and O–H groups in total. The molecule has 2 aromatic heterocycles. The Bertz CT molecular complexity index is 754. The zero-order valence-electron chi connectivity index (χ0n) is 11.5. The third-order valence-corrected chi connectivity index (χ3v) is 2.90. The summed E-state index contributed by atoms with van der Waals surface area (Å²) >= 11 is 5.84. The van der Waals surface area contributed by atoms with E-state index in [0.717, 1.165) is 21.9 Å². The molecule has 122 valence electrons. The van der Waals surface area contributed by atoms with Crippen molar-refractivity contribution in [3.05, 3.63) is 47.5 Å². The Kier molecular flexibility index (Phi) is 5.66. The highest BCUT2D eigenvalue weighted by atomic mass is 35.7. The van der Waals surface area contributed by atoms with Crippen molar-refractivity contribution < 1.29 is 33.9 Å². The number of aromatic amines is 2. The first-order chi connectivity index (χ1) is 10.8. The first-order valence-electron chi connectivity index (χ1n) is 6.13. The van der Waals surface area contributed by atoms with Crippen molar-refractivity contribution in [3.63, 3.8) is 0 Å². The highest BCUT2D eigenvalue weighted by Gasteiger charge is 2.10. The third kappa shape index (κ3) is 5.94. The molecule has 23 heavy (non-hydrogen) atoms. The summed E-state index contributed by atoms with van der Waals surface area (Å²) in [6.45, 7) is 0.700. The predicted molar refractivity (Wildman–Crippen MR) is 69.2 cm³/mol. The molecule has 0 saturated heterocycles. The van der Waals surface area contributed by atoms with Crippen molar-refractivity contribution in [2.24, 2.45) is 0 Å². The van der Waals surface area contributed by atoms with E-state index >= 15 is 0 Å². The van der Waals surface area contributed by atoms with Crippen LogP contribution in [0.4, 0.5) is 5.82 Å². The molecule has 11 heteroatoms. The smallest absolute Gasteiger partial charge is 0.260 e. The van der Waals surface area contributed by atoms with E-state index in [1.165, 1.54) is 0 Å². The first kappa shape index (κ1) is 17.3. The summed E-state index contributed by atoms with van der Waals surface area (Å²) < 4.78 is 34.0. The molecule has 0 bridgehead atoms. The van der Waals surface area contributed by atoms with Crippen LogP contribution in [0.1, 0.15) is 5.56 Å². The third-order valence-electron chi connectivity index (χ3n) is 2.65. The Balaban J connectivity index is 0.000000338. The van der Waals surface area contributed by atoms with Gasteiger partial charge in [0.1, 0.15) is 0 Å². The van der Waals surface area contributed by atoms with Gasteiger partial charge in [-0.05, 0) is 17.7 Å². The Morgan fingerprint density at radius 1 is 1.13 bits per heavy atom. The molecular weight excluding hydrogens is 349 g/mol. The van der Waals surface area contributed by atoms with E-state index in [-0.39, 0.29) is 0 Å². The van der Waals surface area contributed by atoms with E-state index in [9.17, 15) is 0 Å². The molecule has 0 aliphatic rings. The van der Waals surface area contributed by atoms with Gasteiger partial charge in [-0.25, -0.2) is 28.6 Å². The number of imidazole rings is 1. The second kappa shape index (κ2) is 7.51. The highest BCUT2D eigenvalue weighted by molar-refractivity contribution is 6.30. The summed E-state index contributed by atoms with van der Waals surface area (Å²) in [5, 5.41) is 4.04. The Labute approximate surface area is 137 Å². The quantitative estimate of drug-likeness (QED) is 0.513. The van der Waals surface area contributed by atoms with Crippen molar-refractivity contribution in [2.45, 2.75) is 6.54 Å². The molecule has 0 atom stereocenters. The summed E-state index contributed by atoms with van der Waals surface area (Å²) in [7, 11) is -4.94. The lowest BCUT2D eigenvalue weighted by Crippen LogP contribution is -2.68. The fourth-order valence-electron chi connectivity index (χ4n) is 1.73. The number of anilines is 1. The molecule has 3 rings (SSSR count). The average Bonchev–Trinajstić information content (AvgIpc) is 2.94. The lowest BCUT2D eigenvalue weighted by atomic mass is 10.2. The predicted octanol–water partition coefficient (Wildman–Crippen LogP) is -2.72. The molecule has 2 heterocycles. The number of halogens is 2. The van der Waals surface area contributed by atoms with E-state index < -0.39 is 10.2 Å². The van der Waals surface area contributed by atoms with E-state index in [1.807, 2.05) is 24.3 Å². The molecule has 0 saturated carbocycles. The molecule has 1 aromatic carbocycles. The number of nitrogens with zero attached hydrogens (tertiary/aromatic N) is 2. The van der Waals surface area contributed by atoms with Crippen LogP contribution in [0.3, 0.4) is 0 Å². The van der Waals surface area contributed by atoms with Crippen molar-refractivity contribution in [3.8, 4) is 0 Å². The van der Waals surface area contributed by atoms with Gasteiger partial charge < -0.3 is 4.98 Å². The number of benzene rings is 1. The Hall–Kier alpha value is -2.01. The maximum absolute atomic E-state index is 8.49. The van der Waals surface area contributed by atoms with Gasteiger partial charge in [0.15, 0.2) is 5.52 Å². The van der Waals surface area contributed by atoms with Crippen LogP contribution in [0.25, 0.3) is 11.2 Å². The van der Waals surface area contributed by atoms with Crippen molar-refractivity contribution in [1.29, 1.82) is 0 Å². The van der Waals surface area contributed by atoms with Crippen LogP contribution in [0.5, 0.6) is 0 Å². The zero-order valence-corrected chi connectivity index (χ0v) is 13.0. The molecule has 0 aliphatic heterocycles. The summed E-state index contributed by atoms with van der Waals surface area (Å²) in [6, 6.07) is 7.72. The molecule has 0 radical (unpaired) electrons. The number of hydrogen-bond donors (Lipinski definition) is 2. The minimum atomic E-state index is -4.94. The standard InChI is InChI=1S/C12H10ClN5.ClHO4/c13-9-3-1-8(2-4-9)5-14-11-10-12(16-6-15-10)18-7-17-11;2-1(3,4)5/h1-4,6-7H,5H2,(H2,14,15,16,17,18);(H,2,3,4,5). The number of aromatic nitrogens is 4. The molecule has 0 amide bonds. The molecule has 0 fully saturated rings. The maximum atomic E-state index is 8.49. The van der Waals surface area contributed by atoms with Crippen LogP contribution in [-0.4, -0.2) is 15.0 Å². The van der Waals surface area contributed by atoms with Crippen LogP contribution in [0.2, 0.25) is 5.02 Å². The number of H-pyrrole nitrogens is 2. The number of fused-ring (bicyclic) bond motifs is 1. The summed E-state index contributed by atoms with van der Waals surface area (Å²) in [4.78, 5) is 14.3. The van der Waals surface area contributed by atoms with Gasteiger partial charge in [-0.1, -0.05) is 28.7 Å².